The Labute approximate surface area is 98.3 Å². The van der Waals surface area contributed by atoms with Gasteiger partial charge in [-0.25, -0.2) is 4.98 Å². The number of hydrogen-bond acceptors (Lipinski definition) is 2. The normalized spacial score (nSPS) is 9.88. The van der Waals surface area contributed by atoms with Crippen molar-refractivity contribution in [1.82, 2.24) is 9.97 Å². The zero-order valence-electron chi connectivity index (χ0n) is 9.08. The first-order valence-electron chi connectivity index (χ1n) is 5.21. The van der Waals surface area contributed by atoms with Crippen LogP contribution in [0.25, 0.3) is 22.3 Å². The molecule has 0 bridgehead atoms. The van der Waals surface area contributed by atoms with Gasteiger partial charge in [-0.05, 0) is 24.3 Å². The first kappa shape index (κ1) is 11.2. The molecule has 2 heterocycles. The van der Waals surface area contributed by atoms with Crippen LogP contribution < -0.4 is 0 Å². The molecule has 0 unspecified atom stereocenters. The molecule has 3 rings (SSSR count). The molecule has 0 aliphatic rings. The Hall–Kier alpha value is -2.29. The number of nitrogens with zero attached hydrogens (tertiary/aromatic N) is 2. The second kappa shape index (κ2) is 4.70. The van der Waals surface area contributed by atoms with Gasteiger partial charge >= 0.3 is 0 Å². The monoisotopic (exact) mass is 226 g/mol. The molecule has 1 aromatic carbocycles. The summed E-state index contributed by atoms with van der Waals surface area (Å²) < 4.78 is 0. The van der Waals surface area contributed by atoms with Crippen molar-refractivity contribution in [2.24, 2.45) is 0 Å². The molecule has 0 saturated heterocycles. The van der Waals surface area contributed by atoms with Gasteiger partial charge in [-0.2, -0.15) is 0 Å². The van der Waals surface area contributed by atoms with Gasteiger partial charge in [-0.15, -0.1) is 0 Å². The molecule has 0 aliphatic carbocycles. The van der Waals surface area contributed by atoms with Crippen molar-refractivity contribution >= 4 is 10.9 Å². The van der Waals surface area contributed by atoms with Gasteiger partial charge in [-0.1, -0.05) is 30.3 Å². The van der Waals surface area contributed by atoms with Crippen LogP contribution in [0.2, 0.25) is 0 Å². The highest BCUT2D eigenvalue weighted by molar-refractivity contribution is 5.80. The predicted octanol–water partition coefficient (Wildman–Crippen LogP) is 3.45. The largest absolute Gasteiger partial charge is 0.269 e. The van der Waals surface area contributed by atoms with E-state index in [1.54, 1.807) is 6.20 Å². The van der Waals surface area contributed by atoms with Crippen LogP contribution in [-0.4, -0.2) is 9.97 Å². The molecule has 3 aromatic rings. The summed E-state index contributed by atoms with van der Waals surface area (Å²) >= 11 is 0. The molecule has 84 valence electrons. The van der Waals surface area contributed by atoms with Crippen LogP contribution in [0.4, 0.5) is 4.70 Å². The quantitative estimate of drug-likeness (QED) is 0.635. The van der Waals surface area contributed by atoms with Gasteiger partial charge in [0.05, 0.1) is 16.9 Å². The predicted molar refractivity (Wildman–Crippen MR) is 67.5 cm³/mol. The smallest absolute Gasteiger partial charge is 0.0893 e. The minimum Gasteiger partial charge on any atom is -0.269 e. The van der Waals surface area contributed by atoms with E-state index >= 15 is 0 Å². The van der Waals surface area contributed by atoms with Crippen LogP contribution in [0.5, 0.6) is 0 Å². The first-order valence-corrected chi connectivity index (χ1v) is 5.21. The maximum atomic E-state index is 4.58. The van der Waals surface area contributed by atoms with Crippen LogP contribution in [0, 0.1) is 0 Å². The Balaban J connectivity index is 0.00000108. The summed E-state index contributed by atoms with van der Waals surface area (Å²) in [5.74, 6) is 0. The molecule has 0 radical (unpaired) electrons. The van der Waals surface area contributed by atoms with E-state index in [-0.39, 0.29) is 4.70 Å². The Morgan fingerprint density at radius 1 is 0.706 bits per heavy atom. The summed E-state index contributed by atoms with van der Waals surface area (Å²) in [5, 5.41) is 1.15. The van der Waals surface area contributed by atoms with E-state index in [9.17, 15) is 0 Å². The van der Waals surface area contributed by atoms with Gasteiger partial charge in [0.25, 0.3) is 0 Å². The number of para-hydroxylation sites is 1. The molecule has 0 spiro atoms. The third kappa shape index (κ3) is 2.13. The topological polar surface area (TPSA) is 25.8 Å². The SMILES string of the molecule is F.c1ccc(-c2ccc3ccccc3n2)nc1. The summed E-state index contributed by atoms with van der Waals surface area (Å²) in [6.07, 6.45) is 1.78. The fourth-order valence-electron chi connectivity index (χ4n) is 1.72. The highest BCUT2D eigenvalue weighted by Crippen LogP contribution is 2.18. The van der Waals surface area contributed by atoms with Crippen molar-refractivity contribution in [2.75, 3.05) is 0 Å². The van der Waals surface area contributed by atoms with E-state index < -0.39 is 0 Å². The number of benzene rings is 1. The number of hydrogen-bond donors (Lipinski definition) is 0. The summed E-state index contributed by atoms with van der Waals surface area (Å²) in [4.78, 5) is 8.88. The lowest BCUT2D eigenvalue weighted by atomic mass is 10.2. The maximum Gasteiger partial charge on any atom is 0.0893 e. The van der Waals surface area contributed by atoms with Crippen LogP contribution in [0.1, 0.15) is 0 Å². The molecule has 17 heavy (non-hydrogen) atoms. The van der Waals surface area contributed by atoms with Crippen LogP contribution in [0.15, 0.2) is 60.8 Å². The molecule has 0 saturated carbocycles. The molecule has 0 fully saturated rings. The highest BCUT2D eigenvalue weighted by Gasteiger charge is 2.00. The average molecular weight is 226 g/mol. The summed E-state index contributed by atoms with van der Waals surface area (Å²) in [7, 11) is 0. The number of rotatable bonds is 1. The van der Waals surface area contributed by atoms with E-state index in [1.165, 1.54) is 0 Å². The van der Waals surface area contributed by atoms with Crippen LogP contribution in [-0.2, 0) is 0 Å². The standard InChI is InChI=1S/C14H10N2.FH/c1-2-6-12-11(5-1)8-9-14(16-12)13-7-3-4-10-15-13;/h1-10H;1H. The van der Waals surface area contributed by atoms with E-state index in [0.29, 0.717) is 0 Å². The Morgan fingerprint density at radius 2 is 1.53 bits per heavy atom. The summed E-state index contributed by atoms with van der Waals surface area (Å²) in [6, 6.07) is 18.0. The zero-order valence-corrected chi connectivity index (χ0v) is 9.08. The van der Waals surface area contributed by atoms with Crippen molar-refractivity contribution in [2.45, 2.75) is 0 Å². The molecule has 0 N–H and O–H groups in total. The molecular formula is C14H11FN2. The molecule has 0 atom stereocenters. The number of fused-ring (bicyclic) bond motifs is 1. The lowest BCUT2D eigenvalue weighted by Gasteiger charge is -2.01. The van der Waals surface area contributed by atoms with Crippen LogP contribution >= 0.6 is 0 Å². The highest BCUT2D eigenvalue weighted by atomic mass is 19.0. The minimum absolute atomic E-state index is 0. The van der Waals surface area contributed by atoms with Crippen molar-refractivity contribution in [3.63, 3.8) is 0 Å². The molecule has 3 heteroatoms. The molecule has 2 nitrogen and oxygen atoms in total. The molecule has 2 aromatic heterocycles. The fraction of sp³-hybridized carbons (Fsp3) is 0. The van der Waals surface area contributed by atoms with Crippen molar-refractivity contribution in [3.05, 3.63) is 60.8 Å². The fourth-order valence-corrected chi connectivity index (χ4v) is 1.72. The summed E-state index contributed by atoms with van der Waals surface area (Å²) in [5.41, 5.74) is 2.83. The van der Waals surface area contributed by atoms with Crippen molar-refractivity contribution in [3.8, 4) is 11.4 Å². The number of pyridine rings is 2. The Bertz CT molecular complexity index is 623. The van der Waals surface area contributed by atoms with Crippen LogP contribution in [0.3, 0.4) is 0 Å². The Morgan fingerprint density at radius 3 is 2.35 bits per heavy atom. The second-order valence-electron chi connectivity index (χ2n) is 3.60. The zero-order chi connectivity index (χ0) is 10.8. The summed E-state index contributed by atoms with van der Waals surface area (Å²) in [6.45, 7) is 0. The minimum atomic E-state index is 0. The van der Waals surface area contributed by atoms with E-state index in [1.807, 2.05) is 42.5 Å². The van der Waals surface area contributed by atoms with Gasteiger partial charge < -0.3 is 0 Å². The lowest BCUT2D eigenvalue weighted by molar-refractivity contribution is 1.11. The van der Waals surface area contributed by atoms with E-state index in [2.05, 4.69) is 22.1 Å². The maximum absolute atomic E-state index is 4.58. The average Bonchev–Trinajstić information content (AvgIpc) is 2.39. The van der Waals surface area contributed by atoms with Gasteiger partial charge in [0, 0.05) is 11.6 Å². The third-order valence-electron chi connectivity index (χ3n) is 2.53. The van der Waals surface area contributed by atoms with E-state index in [4.69, 9.17) is 0 Å². The third-order valence-corrected chi connectivity index (χ3v) is 2.53. The molecular weight excluding hydrogens is 215 g/mol. The van der Waals surface area contributed by atoms with Gasteiger partial charge in [0.1, 0.15) is 0 Å². The van der Waals surface area contributed by atoms with Gasteiger partial charge in [0.2, 0.25) is 0 Å². The van der Waals surface area contributed by atoms with Gasteiger partial charge in [-0.3, -0.25) is 9.69 Å². The van der Waals surface area contributed by atoms with Crippen molar-refractivity contribution in [1.29, 1.82) is 0 Å². The number of halogens is 1. The number of aromatic nitrogens is 2. The molecule has 0 aliphatic heterocycles. The van der Waals surface area contributed by atoms with E-state index in [0.717, 1.165) is 22.3 Å². The van der Waals surface area contributed by atoms with Gasteiger partial charge in [0.15, 0.2) is 0 Å². The Kier molecular flexibility index (Phi) is 3.10. The van der Waals surface area contributed by atoms with Crippen molar-refractivity contribution < 1.29 is 4.70 Å². The molecule has 0 amide bonds. The lowest BCUT2D eigenvalue weighted by Crippen LogP contribution is -1.87. The second-order valence-corrected chi connectivity index (χ2v) is 3.60. The first-order chi connectivity index (χ1) is 7.93.